The number of carbonyl (C=O) groups excluding carboxylic acids is 1. The van der Waals surface area contributed by atoms with Gasteiger partial charge in [-0.25, -0.2) is 8.78 Å². The van der Waals surface area contributed by atoms with Crippen LogP contribution in [-0.4, -0.2) is 44.9 Å². The molecule has 4 rings (SSSR count). The second-order valence-electron chi connectivity index (χ2n) is 8.64. The van der Waals surface area contributed by atoms with Crippen LogP contribution in [0.2, 0.25) is 0 Å². The molecular formula is C23H28F2N6O2. The van der Waals surface area contributed by atoms with Gasteiger partial charge in [-0.1, -0.05) is 6.92 Å². The zero-order valence-corrected chi connectivity index (χ0v) is 18.9. The van der Waals surface area contributed by atoms with Gasteiger partial charge in [-0.15, -0.1) is 0 Å². The van der Waals surface area contributed by atoms with Gasteiger partial charge >= 0.3 is 0 Å². The molecular weight excluding hydrogens is 430 g/mol. The topological polar surface area (TPSA) is 105 Å². The average molecular weight is 459 g/mol. The number of fused-ring (bicyclic) bond motifs is 1. The molecule has 33 heavy (non-hydrogen) atoms. The summed E-state index contributed by atoms with van der Waals surface area (Å²) in [6.07, 6.45) is 2.89. The van der Waals surface area contributed by atoms with E-state index in [-0.39, 0.29) is 23.1 Å². The Bertz CT molecular complexity index is 1120. The number of carbonyl (C=O) groups is 1. The van der Waals surface area contributed by atoms with E-state index < -0.39 is 18.9 Å². The van der Waals surface area contributed by atoms with Gasteiger partial charge in [0.05, 0.1) is 16.9 Å². The summed E-state index contributed by atoms with van der Waals surface area (Å²) in [6, 6.07) is 3.47. The lowest BCUT2D eigenvalue weighted by Gasteiger charge is -2.27. The first kappa shape index (κ1) is 22.9. The monoisotopic (exact) mass is 458 g/mol. The van der Waals surface area contributed by atoms with Crippen LogP contribution in [0, 0.1) is 19.8 Å². The Hall–Kier alpha value is -3.30. The molecule has 1 amide bonds. The van der Waals surface area contributed by atoms with Crippen LogP contribution < -0.4 is 15.4 Å². The highest BCUT2D eigenvalue weighted by molar-refractivity contribution is 5.99. The fraction of sp³-hybridized carbons (Fsp3) is 0.478. The number of rotatable bonds is 7. The number of amides is 1. The van der Waals surface area contributed by atoms with E-state index in [4.69, 9.17) is 4.74 Å². The van der Waals surface area contributed by atoms with Crippen molar-refractivity contribution in [3.63, 3.8) is 0 Å². The smallest absolute Gasteiger partial charge is 0.272 e. The van der Waals surface area contributed by atoms with E-state index in [1.54, 1.807) is 12.3 Å². The van der Waals surface area contributed by atoms with Crippen molar-refractivity contribution in [3.8, 4) is 5.88 Å². The molecule has 0 radical (unpaired) electrons. The number of anilines is 2. The van der Waals surface area contributed by atoms with Gasteiger partial charge in [0.15, 0.2) is 12.3 Å². The van der Waals surface area contributed by atoms with Crippen molar-refractivity contribution in [2.75, 3.05) is 11.9 Å². The van der Waals surface area contributed by atoms with E-state index in [2.05, 4.69) is 37.5 Å². The van der Waals surface area contributed by atoms with Crippen LogP contribution in [0.4, 0.5) is 20.4 Å². The van der Waals surface area contributed by atoms with Gasteiger partial charge in [-0.2, -0.15) is 9.97 Å². The number of aryl methyl sites for hydroxylation is 2. The number of aromatic nitrogens is 4. The van der Waals surface area contributed by atoms with Crippen molar-refractivity contribution in [2.24, 2.45) is 5.92 Å². The van der Waals surface area contributed by atoms with Crippen molar-refractivity contribution in [1.29, 1.82) is 0 Å². The first-order valence-corrected chi connectivity index (χ1v) is 11.1. The van der Waals surface area contributed by atoms with Gasteiger partial charge in [-0.05, 0) is 63.1 Å². The predicted octanol–water partition coefficient (Wildman–Crippen LogP) is 4.67. The second-order valence-corrected chi connectivity index (χ2v) is 8.64. The molecule has 0 unspecified atom stereocenters. The third-order valence-electron chi connectivity index (χ3n) is 5.97. The zero-order valence-electron chi connectivity index (χ0n) is 18.9. The third kappa shape index (κ3) is 5.37. The maximum atomic E-state index is 13.0. The molecule has 0 bridgehead atoms. The first-order chi connectivity index (χ1) is 15.8. The summed E-state index contributed by atoms with van der Waals surface area (Å²) in [5.41, 5.74) is 3.43. The Morgan fingerprint density at radius 3 is 2.70 bits per heavy atom. The standard InChI is InChI=1S/C23H28F2N6O2/c1-12-4-6-15(7-5-12)27-21(32)16-10-17-20(30-22(16)33-11-18(24)25)31-23(28-17)29-19-13(2)8-9-26-14(19)3/h8-10,12,15,18H,4-7,11H2,1-3H3,(H,27,32)(H2,28,29,30,31). The molecule has 0 aliphatic heterocycles. The maximum absolute atomic E-state index is 13.0. The number of ether oxygens (including phenoxy) is 1. The van der Waals surface area contributed by atoms with Crippen molar-refractivity contribution in [1.82, 2.24) is 25.3 Å². The number of imidazole rings is 1. The molecule has 0 saturated heterocycles. The molecule has 8 nitrogen and oxygen atoms in total. The van der Waals surface area contributed by atoms with Crippen LogP contribution in [0.5, 0.6) is 5.88 Å². The average Bonchev–Trinajstić information content (AvgIpc) is 3.17. The highest BCUT2D eigenvalue weighted by Gasteiger charge is 2.24. The zero-order chi connectivity index (χ0) is 23.5. The normalized spacial score (nSPS) is 18.5. The molecule has 1 fully saturated rings. The quantitative estimate of drug-likeness (QED) is 0.475. The van der Waals surface area contributed by atoms with Crippen LogP contribution in [0.25, 0.3) is 11.2 Å². The van der Waals surface area contributed by atoms with Crippen LogP contribution in [0.1, 0.15) is 54.2 Å². The molecule has 3 heterocycles. The Morgan fingerprint density at radius 2 is 2.00 bits per heavy atom. The molecule has 3 aromatic heterocycles. The molecule has 1 aliphatic carbocycles. The summed E-state index contributed by atoms with van der Waals surface area (Å²) in [4.78, 5) is 29.1. The van der Waals surface area contributed by atoms with Crippen molar-refractivity contribution >= 4 is 28.7 Å². The second kappa shape index (κ2) is 9.68. The first-order valence-electron chi connectivity index (χ1n) is 11.1. The van der Waals surface area contributed by atoms with E-state index in [1.165, 1.54) is 0 Å². The Morgan fingerprint density at radius 1 is 1.24 bits per heavy atom. The van der Waals surface area contributed by atoms with Gasteiger partial charge < -0.3 is 20.4 Å². The van der Waals surface area contributed by atoms with Crippen molar-refractivity contribution in [2.45, 2.75) is 58.9 Å². The van der Waals surface area contributed by atoms with Crippen molar-refractivity contribution in [3.05, 3.63) is 35.2 Å². The lowest BCUT2D eigenvalue weighted by molar-refractivity contribution is 0.0770. The van der Waals surface area contributed by atoms with E-state index in [9.17, 15) is 13.6 Å². The number of alkyl halides is 2. The summed E-state index contributed by atoms with van der Waals surface area (Å²) in [6.45, 7) is 5.16. The Kier molecular flexibility index (Phi) is 6.71. The van der Waals surface area contributed by atoms with Crippen LogP contribution >= 0.6 is 0 Å². The summed E-state index contributed by atoms with van der Waals surface area (Å²) >= 11 is 0. The highest BCUT2D eigenvalue weighted by atomic mass is 19.3. The largest absolute Gasteiger partial charge is 0.471 e. The predicted molar refractivity (Wildman–Crippen MR) is 121 cm³/mol. The molecule has 0 atom stereocenters. The Balaban J connectivity index is 1.62. The number of nitrogens with one attached hydrogen (secondary N) is 3. The minimum Gasteiger partial charge on any atom is -0.471 e. The summed E-state index contributed by atoms with van der Waals surface area (Å²) in [5, 5.41) is 6.19. The minimum absolute atomic E-state index is 0.0443. The van der Waals surface area contributed by atoms with Crippen LogP contribution in [0.3, 0.4) is 0 Å². The van der Waals surface area contributed by atoms with E-state index in [0.717, 1.165) is 42.6 Å². The number of hydrogen-bond donors (Lipinski definition) is 3. The number of hydrogen-bond acceptors (Lipinski definition) is 6. The number of halogens is 2. The van der Waals surface area contributed by atoms with E-state index in [1.807, 2.05) is 19.9 Å². The third-order valence-corrected chi connectivity index (χ3v) is 5.97. The summed E-state index contributed by atoms with van der Waals surface area (Å²) < 4.78 is 30.8. The maximum Gasteiger partial charge on any atom is 0.272 e. The van der Waals surface area contributed by atoms with Crippen LogP contribution in [-0.2, 0) is 0 Å². The molecule has 3 N–H and O–H groups in total. The molecule has 1 saturated carbocycles. The molecule has 3 aromatic rings. The SMILES string of the molecule is Cc1ccnc(C)c1Nc1nc2nc(OCC(F)F)c(C(=O)NC3CCC(C)CC3)cc2[nH]1. The Labute approximate surface area is 190 Å². The fourth-order valence-electron chi connectivity index (χ4n) is 4.07. The van der Waals surface area contributed by atoms with Gasteiger partial charge in [0, 0.05) is 12.2 Å². The highest BCUT2D eigenvalue weighted by Crippen LogP contribution is 2.27. The molecule has 0 aromatic carbocycles. The molecule has 10 heteroatoms. The van der Waals surface area contributed by atoms with Crippen LogP contribution in [0.15, 0.2) is 18.3 Å². The number of nitrogens with zero attached hydrogens (tertiary/aromatic N) is 3. The van der Waals surface area contributed by atoms with Gasteiger partial charge in [-0.3, -0.25) is 9.78 Å². The van der Waals surface area contributed by atoms with Gasteiger partial charge in [0.2, 0.25) is 11.8 Å². The summed E-state index contributed by atoms with van der Waals surface area (Å²) in [7, 11) is 0. The fourth-order valence-corrected chi connectivity index (χ4v) is 4.07. The molecule has 1 aliphatic rings. The van der Waals surface area contributed by atoms with E-state index in [0.29, 0.717) is 17.4 Å². The van der Waals surface area contributed by atoms with Gasteiger partial charge in [0.25, 0.3) is 12.3 Å². The van der Waals surface area contributed by atoms with Crippen molar-refractivity contribution < 1.29 is 18.3 Å². The number of pyridine rings is 2. The molecule has 176 valence electrons. The molecule has 0 spiro atoms. The lowest BCUT2D eigenvalue weighted by Crippen LogP contribution is -2.37. The van der Waals surface area contributed by atoms with E-state index >= 15 is 0 Å². The lowest BCUT2D eigenvalue weighted by atomic mass is 9.87. The summed E-state index contributed by atoms with van der Waals surface area (Å²) in [5.74, 6) is 0.493. The number of H-pyrrole nitrogens is 1. The number of aromatic amines is 1. The minimum atomic E-state index is -2.69. The van der Waals surface area contributed by atoms with Gasteiger partial charge in [0.1, 0.15) is 5.56 Å².